The zero-order valence-corrected chi connectivity index (χ0v) is 23.2. The topological polar surface area (TPSA) is 281 Å². The van der Waals surface area contributed by atoms with Crippen molar-refractivity contribution in [3.05, 3.63) is 65.1 Å². The number of anilines is 1. The Hall–Kier alpha value is -4.81. The number of aromatic hydroxyl groups is 1. The molecule has 2 aliphatic heterocycles. The molecular weight excluding hydrogens is 618 g/mol. The number of fused-ring (bicyclic) bond motifs is 5. The number of H-pyrrole nitrogens is 1. The van der Waals surface area contributed by atoms with Crippen LogP contribution in [0.2, 0.25) is 0 Å². The van der Waals surface area contributed by atoms with Gasteiger partial charge in [-0.1, -0.05) is 0 Å². The van der Waals surface area contributed by atoms with E-state index in [1.165, 1.54) is 28.0 Å². The SMILES string of the molecule is Nc1ncnc2c1ccn2-c1oc2c(c1O)O[PH](O)(O)O/C=C1\CC(=C(n3cnc4c(=O)[nH]cnc43)O1)O[PH](O)(O)OC2. The average Bonchev–Trinajstić information content (AvgIpc) is 3.72. The molecule has 0 saturated carbocycles. The molecule has 0 spiro atoms. The molecule has 2 bridgehead atoms. The van der Waals surface area contributed by atoms with E-state index in [1.54, 1.807) is 6.07 Å². The van der Waals surface area contributed by atoms with Crippen LogP contribution < -0.4 is 15.8 Å². The molecule has 0 aliphatic carbocycles. The van der Waals surface area contributed by atoms with Gasteiger partial charge in [-0.3, -0.25) is 0 Å². The van der Waals surface area contributed by atoms with E-state index in [4.69, 9.17) is 33.0 Å². The van der Waals surface area contributed by atoms with Gasteiger partial charge in [-0.15, -0.1) is 0 Å². The monoisotopic (exact) mass is 638 g/mol. The van der Waals surface area contributed by atoms with Gasteiger partial charge in [-0.2, -0.15) is 0 Å². The summed E-state index contributed by atoms with van der Waals surface area (Å²) >= 11 is 0. The fourth-order valence-electron chi connectivity index (χ4n) is 4.36. The van der Waals surface area contributed by atoms with Crippen molar-refractivity contribution in [1.82, 2.24) is 34.1 Å². The first-order valence-corrected chi connectivity index (χ1v) is 15.4. The second-order valence-electron chi connectivity index (χ2n) is 9.01. The van der Waals surface area contributed by atoms with Gasteiger partial charge in [0.25, 0.3) is 0 Å². The Kier molecular flexibility index (Phi) is 6.05. The molecule has 226 valence electrons. The van der Waals surface area contributed by atoms with E-state index in [1.807, 2.05) is 0 Å². The number of ether oxygens (including phenoxy) is 1. The Morgan fingerprint density at radius 2 is 1.86 bits per heavy atom. The Morgan fingerprint density at radius 3 is 2.70 bits per heavy atom. The molecule has 7 heterocycles. The molecule has 20 nitrogen and oxygen atoms in total. The summed E-state index contributed by atoms with van der Waals surface area (Å²) in [4.78, 5) is 73.2. The van der Waals surface area contributed by atoms with Gasteiger partial charge in [0.05, 0.1) is 0 Å². The maximum absolute atomic E-state index is 12.1. The van der Waals surface area contributed by atoms with Gasteiger partial charge >= 0.3 is 238 Å². The van der Waals surface area contributed by atoms with Crippen molar-refractivity contribution >= 4 is 50.2 Å². The molecule has 0 fully saturated rings. The average molecular weight is 638 g/mol. The van der Waals surface area contributed by atoms with Crippen LogP contribution in [0.3, 0.4) is 0 Å². The van der Waals surface area contributed by atoms with Crippen LogP contribution >= 0.6 is 16.3 Å². The summed E-state index contributed by atoms with van der Waals surface area (Å²) in [5.74, 6) is -2.47. The van der Waals surface area contributed by atoms with Gasteiger partial charge in [0, 0.05) is 0 Å². The molecule has 0 radical (unpaired) electrons. The number of nitrogens with one attached hydrogen (secondary N) is 1. The fourth-order valence-corrected chi connectivity index (χ4v) is 6.03. The van der Waals surface area contributed by atoms with E-state index in [2.05, 4.69) is 24.9 Å². The van der Waals surface area contributed by atoms with Gasteiger partial charge in [-0.25, -0.2) is 0 Å². The van der Waals surface area contributed by atoms with E-state index >= 15 is 0 Å². The predicted octanol–water partition coefficient (Wildman–Crippen LogP) is 0.553. The van der Waals surface area contributed by atoms with Crippen LogP contribution in [0.5, 0.6) is 11.5 Å². The van der Waals surface area contributed by atoms with Gasteiger partial charge in [-0.05, 0) is 0 Å². The van der Waals surface area contributed by atoms with Gasteiger partial charge in [0.2, 0.25) is 0 Å². The number of hydrogen-bond acceptors (Lipinski definition) is 17. The zero-order valence-electron chi connectivity index (χ0n) is 21.2. The first-order chi connectivity index (χ1) is 20.5. The number of rotatable bonds is 2. The fraction of sp³-hybridized carbons (Fsp3) is 0.0952. The Labute approximate surface area is 237 Å². The molecule has 43 heavy (non-hydrogen) atoms. The van der Waals surface area contributed by atoms with Crippen LogP contribution in [0, 0.1) is 0 Å². The third kappa shape index (κ3) is 4.68. The number of aromatic nitrogens is 7. The van der Waals surface area contributed by atoms with Crippen LogP contribution in [0.25, 0.3) is 34.0 Å². The third-order valence-electron chi connectivity index (χ3n) is 6.21. The van der Waals surface area contributed by atoms with Gasteiger partial charge < -0.3 is 0 Å². The van der Waals surface area contributed by atoms with Crippen LogP contribution in [0.4, 0.5) is 5.82 Å². The number of imidazole rings is 1. The Bertz CT molecular complexity index is 2040. The van der Waals surface area contributed by atoms with Gasteiger partial charge in [0.15, 0.2) is 0 Å². The molecule has 0 amide bonds. The normalized spacial score (nSPS) is 20.7. The number of nitrogens with two attached hydrogens (primary N) is 1. The van der Waals surface area contributed by atoms with Crippen molar-refractivity contribution < 1.29 is 51.9 Å². The summed E-state index contributed by atoms with van der Waals surface area (Å²) in [6.07, 6.45) is 5.44. The molecule has 5 aromatic heterocycles. The molecule has 0 saturated heterocycles. The minimum atomic E-state index is -5.15. The van der Waals surface area contributed by atoms with Crippen molar-refractivity contribution in [2.45, 2.75) is 13.0 Å². The summed E-state index contributed by atoms with van der Waals surface area (Å²) in [6.45, 7) is -0.808. The molecule has 0 unspecified atom stereocenters. The van der Waals surface area contributed by atoms with Crippen molar-refractivity contribution in [3.63, 3.8) is 0 Å². The first kappa shape index (κ1) is 27.0. The van der Waals surface area contributed by atoms with Crippen LogP contribution in [-0.2, 0) is 24.9 Å². The molecule has 5 aromatic rings. The van der Waals surface area contributed by atoms with Crippen LogP contribution in [0.1, 0.15) is 12.2 Å². The zero-order chi connectivity index (χ0) is 30.1. The van der Waals surface area contributed by atoms with E-state index in [0.717, 1.165) is 12.6 Å². The summed E-state index contributed by atoms with van der Waals surface area (Å²) in [6, 6.07) is 1.55. The van der Waals surface area contributed by atoms with Crippen LogP contribution in [0.15, 0.2) is 58.2 Å². The Morgan fingerprint density at radius 1 is 1.02 bits per heavy atom. The predicted molar refractivity (Wildman–Crippen MR) is 145 cm³/mol. The summed E-state index contributed by atoms with van der Waals surface area (Å²) in [5, 5.41) is 11.4. The number of furan rings is 1. The van der Waals surface area contributed by atoms with E-state index in [9.17, 15) is 29.5 Å². The molecule has 22 heteroatoms. The van der Waals surface area contributed by atoms with Crippen molar-refractivity contribution in [2.24, 2.45) is 0 Å². The first-order valence-electron chi connectivity index (χ1n) is 12.0. The molecular formula is C21H20N8O12P2. The van der Waals surface area contributed by atoms with E-state index in [0.29, 0.717) is 5.39 Å². The van der Waals surface area contributed by atoms with Crippen molar-refractivity contribution in [3.8, 4) is 17.4 Å². The second-order valence-corrected chi connectivity index (χ2v) is 12.1. The molecule has 8 N–H and O–H groups in total. The summed E-state index contributed by atoms with van der Waals surface area (Å²) in [7, 11) is -10.2. The number of aromatic amines is 1. The number of nitrogens with zero attached hydrogens (tertiary/aromatic N) is 6. The van der Waals surface area contributed by atoms with Gasteiger partial charge in [0.1, 0.15) is 0 Å². The van der Waals surface area contributed by atoms with Crippen LogP contribution in [-0.4, -0.2) is 58.7 Å². The van der Waals surface area contributed by atoms with E-state index < -0.39 is 45.8 Å². The number of nitrogen functional groups attached to an aromatic ring is 1. The maximum atomic E-state index is 12.1. The molecule has 0 aromatic carbocycles. The summed E-state index contributed by atoms with van der Waals surface area (Å²) < 4.78 is 34.9. The standard InChI is InChI=1S/C21H20N8O12P2/c22-16-10-1-2-28(17(10)24-6-23-16)21-14(30)15-12(39-21)5-37-42(32,33)40-11-3-9(4-36-43(34,35)41-15)38-20(11)29-8-27-13-18(29)25-7-26-19(13)31/h1-2,4,6-8,30,32-35,42-43H,3,5H2,(H2,22,23,24)(H,25,26,31)/b9-4+. The van der Waals surface area contributed by atoms with Crippen molar-refractivity contribution in [1.29, 1.82) is 0 Å². The van der Waals surface area contributed by atoms with E-state index in [-0.39, 0.29) is 52.3 Å². The van der Waals surface area contributed by atoms with Crippen molar-refractivity contribution in [2.75, 3.05) is 5.73 Å². The second kappa shape index (κ2) is 9.61. The summed E-state index contributed by atoms with van der Waals surface area (Å²) in [5.41, 5.74) is 5.54. The minimum absolute atomic E-state index is 0.0383. The molecule has 7 rings (SSSR count). The number of hydrogen-bond donors (Lipinski definition) is 7. The Balaban J connectivity index is 1.29. The third-order valence-corrected chi connectivity index (χ3v) is 8.14. The molecule has 0 atom stereocenters. The molecule has 2 aliphatic rings. The quantitative estimate of drug-likeness (QED) is 0.130.